The van der Waals surface area contributed by atoms with Crippen molar-refractivity contribution in [2.24, 2.45) is 0 Å². The van der Waals surface area contributed by atoms with E-state index in [1.165, 1.54) is 5.56 Å². The number of para-hydroxylation sites is 1. The molecule has 3 rings (SSSR count). The summed E-state index contributed by atoms with van der Waals surface area (Å²) in [6.07, 6.45) is -0.328. The topological polar surface area (TPSA) is 35.5 Å². The third-order valence-electron chi connectivity index (χ3n) is 3.89. The Hall–Kier alpha value is -2.29. The second-order valence-electron chi connectivity index (χ2n) is 6.57. The van der Waals surface area contributed by atoms with E-state index in [1.54, 1.807) is 0 Å². The van der Waals surface area contributed by atoms with Crippen molar-refractivity contribution in [2.45, 2.75) is 32.3 Å². The van der Waals surface area contributed by atoms with Crippen molar-refractivity contribution in [1.82, 2.24) is 0 Å². The molecule has 0 spiro atoms. The molecule has 0 bridgehead atoms. The number of carbonyl (C=O) groups is 1. The number of rotatable bonds is 2. The van der Waals surface area contributed by atoms with E-state index in [-0.39, 0.29) is 17.5 Å². The maximum Gasteiger partial charge on any atom is 0.338 e. The van der Waals surface area contributed by atoms with Crippen molar-refractivity contribution >= 4 is 5.97 Å². The maximum absolute atomic E-state index is 12.3. The number of hydrogen-bond acceptors (Lipinski definition) is 3. The molecule has 0 fully saturated rings. The third-order valence-corrected chi connectivity index (χ3v) is 3.89. The first-order valence-electron chi connectivity index (χ1n) is 7.48. The van der Waals surface area contributed by atoms with Gasteiger partial charge in [0.15, 0.2) is 6.10 Å². The fourth-order valence-electron chi connectivity index (χ4n) is 2.53. The SMILES string of the molecule is CC(C)(C)c1ccc(C(=O)OC2COc3ccccc32)cc1. The number of hydrogen-bond donors (Lipinski definition) is 0. The first kappa shape index (κ1) is 14.6. The maximum atomic E-state index is 12.3. The Bertz CT molecular complexity index is 681. The molecule has 0 N–H and O–H groups in total. The highest BCUT2D eigenvalue weighted by Crippen LogP contribution is 2.34. The van der Waals surface area contributed by atoms with E-state index in [2.05, 4.69) is 20.8 Å². The van der Waals surface area contributed by atoms with Crippen LogP contribution in [-0.4, -0.2) is 12.6 Å². The Morgan fingerprint density at radius 3 is 2.45 bits per heavy atom. The van der Waals surface area contributed by atoms with Gasteiger partial charge in [-0.05, 0) is 29.2 Å². The Kier molecular flexibility index (Phi) is 3.65. The van der Waals surface area contributed by atoms with E-state index in [1.807, 2.05) is 48.5 Å². The van der Waals surface area contributed by atoms with Crippen molar-refractivity contribution < 1.29 is 14.3 Å². The van der Waals surface area contributed by atoms with E-state index in [0.717, 1.165) is 11.3 Å². The zero-order chi connectivity index (χ0) is 15.7. The summed E-state index contributed by atoms with van der Waals surface area (Å²) >= 11 is 0. The lowest BCUT2D eigenvalue weighted by Crippen LogP contribution is -2.14. The fraction of sp³-hybridized carbons (Fsp3) is 0.316. The second-order valence-corrected chi connectivity index (χ2v) is 6.57. The summed E-state index contributed by atoms with van der Waals surface area (Å²) in [6.45, 7) is 6.82. The van der Waals surface area contributed by atoms with Gasteiger partial charge in [0.2, 0.25) is 0 Å². The van der Waals surface area contributed by atoms with Crippen LogP contribution < -0.4 is 4.74 Å². The highest BCUT2D eigenvalue weighted by Gasteiger charge is 2.27. The van der Waals surface area contributed by atoms with Crippen LogP contribution in [0.1, 0.15) is 48.4 Å². The fourth-order valence-corrected chi connectivity index (χ4v) is 2.53. The molecular weight excluding hydrogens is 276 g/mol. The average Bonchev–Trinajstić information content (AvgIpc) is 2.90. The van der Waals surface area contributed by atoms with Crippen LogP contribution in [0, 0.1) is 0 Å². The molecule has 3 heteroatoms. The Morgan fingerprint density at radius 1 is 1.09 bits per heavy atom. The number of carbonyl (C=O) groups excluding carboxylic acids is 1. The van der Waals surface area contributed by atoms with Gasteiger partial charge in [-0.2, -0.15) is 0 Å². The summed E-state index contributed by atoms with van der Waals surface area (Å²) in [4.78, 5) is 12.3. The van der Waals surface area contributed by atoms with Crippen LogP contribution in [0.15, 0.2) is 48.5 Å². The summed E-state index contributed by atoms with van der Waals surface area (Å²) in [5.41, 5.74) is 2.76. The normalized spacial score (nSPS) is 16.8. The molecule has 0 aromatic heterocycles. The van der Waals surface area contributed by atoms with Gasteiger partial charge in [0, 0.05) is 5.56 Å². The van der Waals surface area contributed by atoms with Crippen LogP contribution in [0.3, 0.4) is 0 Å². The molecule has 0 amide bonds. The van der Waals surface area contributed by atoms with E-state index in [0.29, 0.717) is 12.2 Å². The third kappa shape index (κ3) is 2.84. The summed E-state index contributed by atoms with van der Waals surface area (Å²) < 4.78 is 11.1. The quantitative estimate of drug-likeness (QED) is 0.776. The average molecular weight is 296 g/mol. The lowest BCUT2D eigenvalue weighted by Gasteiger charge is -2.19. The number of ether oxygens (including phenoxy) is 2. The first-order valence-corrected chi connectivity index (χ1v) is 7.48. The van der Waals surface area contributed by atoms with Crippen molar-refractivity contribution in [2.75, 3.05) is 6.61 Å². The minimum Gasteiger partial charge on any atom is -0.489 e. The van der Waals surface area contributed by atoms with E-state index in [4.69, 9.17) is 9.47 Å². The molecule has 1 unspecified atom stereocenters. The van der Waals surface area contributed by atoms with Crippen molar-refractivity contribution in [3.8, 4) is 5.75 Å². The molecule has 0 aliphatic carbocycles. The van der Waals surface area contributed by atoms with E-state index >= 15 is 0 Å². The van der Waals surface area contributed by atoms with Gasteiger partial charge in [0.05, 0.1) is 5.56 Å². The predicted octanol–water partition coefficient (Wildman–Crippen LogP) is 4.27. The summed E-state index contributed by atoms with van der Waals surface area (Å²) in [6, 6.07) is 15.3. The molecule has 1 heterocycles. The smallest absolute Gasteiger partial charge is 0.338 e. The predicted molar refractivity (Wildman–Crippen MR) is 85.2 cm³/mol. The Balaban J connectivity index is 1.73. The monoisotopic (exact) mass is 296 g/mol. The molecule has 3 nitrogen and oxygen atoms in total. The zero-order valence-electron chi connectivity index (χ0n) is 13.1. The molecule has 22 heavy (non-hydrogen) atoms. The molecule has 2 aromatic carbocycles. The highest BCUT2D eigenvalue weighted by molar-refractivity contribution is 5.89. The van der Waals surface area contributed by atoms with E-state index in [9.17, 15) is 4.79 Å². The van der Waals surface area contributed by atoms with Gasteiger partial charge in [-0.15, -0.1) is 0 Å². The minimum absolute atomic E-state index is 0.0701. The van der Waals surface area contributed by atoms with Gasteiger partial charge in [-0.25, -0.2) is 4.79 Å². The van der Waals surface area contributed by atoms with Crippen molar-refractivity contribution in [1.29, 1.82) is 0 Å². The van der Waals surface area contributed by atoms with Gasteiger partial charge < -0.3 is 9.47 Å². The number of fused-ring (bicyclic) bond motifs is 1. The number of esters is 1. The molecule has 0 saturated carbocycles. The standard InChI is InChI=1S/C19H20O3/c1-19(2,3)14-10-8-13(9-11-14)18(20)22-17-12-21-16-7-5-4-6-15(16)17/h4-11,17H,12H2,1-3H3. The van der Waals surface area contributed by atoms with Gasteiger partial charge in [0.1, 0.15) is 12.4 Å². The van der Waals surface area contributed by atoms with Crippen LogP contribution in [-0.2, 0) is 10.2 Å². The van der Waals surface area contributed by atoms with Crippen LogP contribution in [0.25, 0.3) is 0 Å². The minimum atomic E-state index is -0.328. The molecule has 2 aromatic rings. The number of benzene rings is 2. The molecular formula is C19H20O3. The lowest BCUT2D eigenvalue weighted by atomic mass is 9.87. The largest absolute Gasteiger partial charge is 0.489 e. The molecule has 1 aliphatic heterocycles. The van der Waals surface area contributed by atoms with Gasteiger partial charge in [-0.1, -0.05) is 51.1 Å². The van der Waals surface area contributed by atoms with Crippen LogP contribution in [0.4, 0.5) is 0 Å². The van der Waals surface area contributed by atoms with Crippen molar-refractivity contribution in [3.63, 3.8) is 0 Å². The molecule has 0 radical (unpaired) electrons. The molecule has 0 saturated heterocycles. The lowest BCUT2D eigenvalue weighted by molar-refractivity contribution is 0.0248. The Morgan fingerprint density at radius 2 is 1.77 bits per heavy atom. The van der Waals surface area contributed by atoms with Crippen LogP contribution in [0.2, 0.25) is 0 Å². The summed E-state index contributed by atoms with van der Waals surface area (Å²) in [5, 5.41) is 0. The highest BCUT2D eigenvalue weighted by atomic mass is 16.6. The van der Waals surface area contributed by atoms with Gasteiger partial charge >= 0.3 is 5.97 Å². The summed E-state index contributed by atoms with van der Waals surface area (Å²) in [7, 11) is 0. The molecule has 1 aliphatic rings. The molecule has 1 atom stereocenters. The second kappa shape index (κ2) is 5.48. The Labute approximate surface area is 130 Å². The van der Waals surface area contributed by atoms with E-state index < -0.39 is 0 Å². The van der Waals surface area contributed by atoms with Crippen molar-refractivity contribution in [3.05, 3.63) is 65.2 Å². The summed E-state index contributed by atoms with van der Waals surface area (Å²) in [5.74, 6) is 0.481. The van der Waals surface area contributed by atoms with Gasteiger partial charge in [-0.3, -0.25) is 0 Å². The first-order chi connectivity index (χ1) is 10.4. The van der Waals surface area contributed by atoms with Crippen LogP contribution >= 0.6 is 0 Å². The van der Waals surface area contributed by atoms with Gasteiger partial charge in [0.25, 0.3) is 0 Å². The van der Waals surface area contributed by atoms with Crippen LogP contribution in [0.5, 0.6) is 5.75 Å². The zero-order valence-corrected chi connectivity index (χ0v) is 13.1. The molecule has 114 valence electrons.